The maximum atomic E-state index is 5.89. The molecule has 0 fully saturated rings. The van der Waals surface area contributed by atoms with Crippen molar-refractivity contribution in [3.63, 3.8) is 0 Å². The summed E-state index contributed by atoms with van der Waals surface area (Å²) in [6, 6.07) is 15.8. The van der Waals surface area contributed by atoms with E-state index in [1.54, 1.807) is 6.21 Å². The molecule has 5 nitrogen and oxygen atoms in total. The van der Waals surface area contributed by atoms with E-state index in [4.69, 9.17) is 4.74 Å². The Balaban J connectivity index is 1.72. The Bertz CT molecular complexity index is 754. The predicted molar refractivity (Wildman–Crippen MR) is 87.9 cm³/mol. The minimum atomic E-state index is 0.505. The van der Waals surface area contributed by atoms with Crippen LogP contribution in [0.1, 0.15) is 11.1 Å². The Morgan fingerprint density at radius 1 is 1.05 bits per heavy atom. The van der Waals surface area contributed by atoms with Gasteiger partial charge in [-0.3, -0.25) is 0 Å². The molecule has 0 N–H and O–H groups in total. The monoisotopic (exact) mass is 356 g/mol. The molecule has 3 aromatic rings. The van der Waals surface area contributed by atoms with Crippen LogP contribution < -0.4 is 4.74 Å². The smallest absolute Gasteiger partial charge is 0.141 e. The van der Waals surface area contributed by atoms with Gasteiger partial charge in [0.1, 0.15) is 25.0 Å². The van der Waals surface area contributed by atoms with Crippen LogP contribution in [0.5, 0.6) is 5.75 Å². The highest BCUT2D eigenvalue weighted by atomic mass is 79.9. The van der Waals surface area contributed by atoms with Crippen LogP contribution in [0.4, 0.5) is 0 Å². The number of ether oxygens (including phenoxy) is 1. The van der Waals surface area contributed by atoms with Gasteiger partial charge in [0.25, 0.3) is 0 Å². The first kappa shape index (κ1) is 14.5. The van der Waals surface area contributed by atoms with Crippen molar-refractivity contribution in [2.24, 2.45) is 5.10 Å². The van der Waals surface area contributed by atoms with E-state index >= 15 is 0 Å². The third-order valence-corrected chi connectivity index (χ3v) is 3.49. The number of halogens is 1. The molecule has 2 aromatic carbocycles. The van der Waals surface area contributed by atoms with Crippen molar-refractivity contribution < 1.29 is 4.74 Å². The summed E-state index contributed by atoms with van der Waals surface area (Å²) >= 11 is 3.42. The van der Waals surface area contributed by atoms with Gasteiger partial charge in [0.05, 0.1) is 6.21 Å². The van der Waals surface area contributed by atoms with Crippen molar-refractivity contribution in [3.8, 4) is 5.75 Å². The second-order valence-electron chi connectivity index (χ2n) is 4.54. The fourth-order valence-corrected chi connectivity index (χ4v) is 2.11. The first-order valence-electron chi connectivity index (χ1n) is 6.66. The topological polar surface area (TPSA) is 52.3 Å². The highest BCUT2D eigenvalue weighted by Crippen LogP contribution is 2.18. The van der Waals surface area contributed by atoms with Gasteiger partial charge in [0, 0.05) is 10.0 Å². The minimum Gasteiger partial charge on any atom is -0.488 e. The van der Waals surface area contributed by atoms with Crippen molar-refractivity contribution in [2.75, 3.05) is 0 Å². The molecule has 22 heavy (non-hydrogen) atoms. The minimum absolute atomic E-state index is 0.505. The summed E-state index contributed by atoms with van der Waals surface area (Å²) in [5, 5.41) is 11.7. The van der Waals surface area contributed by atoms with Crippen LogP contribution in [0.2, 0.25) is 0 Å². The van der Waals surface area contributed by atoms with E-state index in [-0.39, 0.29) is 0 Å². The second-order valence-corrected chi connectivity index (χ2v) is 5.46. The van der Waals surface area contributed by atoms with Crippen LogP contribution in [0.15, 0.2) is 70.8 Å². The molecule has 3 rings (SSSR count). The number of hydrogen-bond donors (Lipinski definition) is 0. The van der Waals surface area contributed by atoms with Gasteiger partial charge in [-0.15, -0.1) is 10.2 Å². The maximum absolute atomic E-state index is 5.89. The lowest BCUT2D eigenvalue weighted by Gasteiger charge is -2.09. The summed E-state index contributed by atoms with van der Waals surface area (Å²) < 4.78 is 8.47. The Morgan fingerprint density at radius 3 is 2.55 bits per heavy atom. The molecule has 1 aromatic heterocycles. The van der Waals surface area contributed by atoms with Crippen LogP contribution in [0.3, 0.4) is 0 Å². The van der Waals surface area contributed by atoms with Crippen LogP contribution in [-0.2, 0) is 6.61 Å². The zero-order valence-electron chi connectivity index (χ0n) is 11.6. The number of rotatable bonds is 5. The summed E-state index contributed by atoms with van der Waals surface area (Å²) in [5.74, 6) is 0.780. The highest BCUT2D eigenvalue weighted by molar-refractivity contribution is 9.10. The summed E-state index contributed by atoms with van der Waals surface area (Å²) in [6.07, 6.45) is 4.78. The lowest BCUT2D eigenvalue weighted by Crippen LogP contribution is -1.98. The van der Waals surface area contributed by atoms with E-state index in [0.29, 0.717) is 6.61 Å². The van der Waals surface area contributed by atoms with E-state index in [9.17, 15) is 0 Å². The van der Waals surface area contributed by atoms with Crippen molar-refractivity contribution in [1.29, 1.82) is 0 Å². The molecule has 0 aliphatic carbocycles. The third kappa shape index (κ3) is 3.79. The normalized spacial score (nSPS) is 11.0. The van der Waals surface area contributed by atoms with Gasteiger partial charge in [0.2, 0.25) is 0 Å². The Morgan fingerprint density at radius 2 is 1.77 bits per heavy atom. The predicted octanol–water partition coefficient (Wildman–Crippen LogP) is 3.50. The standard InChI is InChI=1S/C16H13BrN4O/c17-15-7-5-13(6-8-15)10-22-16-4-2-1-3-14(16)9-20-21-11-18-19-12-21/h1-9,11-12H,10H2/b20-9-. The molecule has 1 heterocycles. The first-order chi connectivity index (χ1) is 10.8. The van der Waals surface area contributed by atoms with Crippen LogP contribution in [-0.4, -0.2) is 21.1 Å². The summed E-state index contributed by atoms with van der Waals surface area (Å²) in [6.45, 7) is 0.505. The molecule has 0 aliphatic rings. The molecular weight excluding hydrogens is 344 g/mol. The summed E-state index contributed by atoms with van der Waals surface area (Å²) in [5.41, 5.74) is 2.00. The number of aromatic nitrogens is 3. The van der Waals surface area contributed by atoms with Gasteiger partial charge >= 0.3 is 0 Å². The number of benzene rings is 2. The second kappa shape index (κ2) is 7.00. The van der Waals surface area contributed by atoms with Crippen molar-refractivity contribution >= 4 is 22.1 Å². The lowest BCUT2D eigenvalue weighted by molar-refractivity contribution is 0.306. The summed E-state index contributed by atoms with van der Waals surface area (Å²) in [7, 11) is 0. The van der Waals surface area contributed by atoms with Gasteiger partial charge in [0.15, 0.2) is 0 Å². The average molecular weight is 357 g/mol. The van der Waals surface area contributed by atoms with E-state index in [2.05, 4.69) is 31.2 Å². The van der Waals surface area contributed by atoms with Crippen LogP contribution >= 0.6 is 15.9 Å². The SMILES string of the molecule is Brc1ccc(COc2ccccc2/C=N\n2cnnc2)cc1. The quantitative estimate of drug-likeness (QED) is 0.657. The largest absolute Gasteiger partial charge is 0.488 e. The van der Waals surface area contributed by atoms with Gasteiger partial charge < -0.3 is 4.74 Å². The molecule has 0 unspecified atom stereocenters. The highest BCUT2D eigenvalue weighted by Gasteiger charge is 2.01. The molecule has 0 saturated heterocycles. The molecule has 0 spiro atoms. The molecule has 0 radical (unpaired) electrons. The molecule has 0 saturated carbocycles. The maximum Gasteiger partial charge on any atom is 0.141 e. The fraction of sp³-hybridized carbons (Fsp3) is 0.0625. The van der Waals surface area contributed by atoms with E-state index in [1.165, 1.54) is 17.3 Å². The molecule has 0 amide bonds. The number of para-hydroxylation sites is 1. The van der Waals surface area contributed by atoms with Gasteiger partial charge in [-0.05, 0) is 29.8 Å². The van der Waals surface area contributed by atoms with Crippen LogP contribution in [0, 0.1) is 0 Å². The fourth-order valence-electron chi connectivity index (χ4n) is 1.84. The van der Waals surface area contributed by atoms with Crippen molar-refractivity contribution in [3.05, 3.63) is 76.8 Å². The van der Waals surface area contributed by atoms with Gasteiger partial charge in [-0.1, -0.05) is 40.2 Å². The van der Waals surface area contributed by atoms with Gasteiger partial charge in [-0.25, -0.2) is 4.68 Å². The first-order valence-corrected chi connectivity index (χ1v) is 7.46. The Kier molecular flexibility index (Phi) is 4.60. The molecule has 0 aliphatic heterocycles. The van der Waals surface area contributed by atoms with E-state index in [0.717, 1.165) is 21.3 Å². The summed E-state index contributed by atoms with van der Waals surface area (Å²) in [4.78, 5) is 0. The lowest BCUT2D eigenvalue weighted by atomic mass is 10.2. The Hall–Kier alpha value is -2.47. The van der Waals surface area contributed by atoms with Crippen molar-refractivity contribution in [1.82, 2.24) is 14.9 Å². The van der Waals surface area contributed by atoms with Crippen LogP contribution in [0.25, 0.3) is 0 Å². The zero-order valence-corrected chi connectivity index (χ0v) is 13.2. The number of nitrogens with zero attached hydrogens (tertiary/aromatic N) is 4. The third-order valence-electron chi connectivity index (χ3n) is 2.96. The molecular formula is C16H13BrN4O. The molecule has 0 atom stereocenters. The molecule has 0 bridgehead atoms. The molecule has 110 valence electrons. The van der Waals surface area contributed by atoms with E-state index in [1.807, 2.05) is 48.5 Å². The van der Waals surface area contributed by atoms with Gasteiger partial charge in [-0.2, -0.15) is 5.10 Å². The molecule has 6 heteroatoms. The number of hydrogen-bond acceptors (Lipinski definition) is 4. The average Bonchev–Trinajstić information content (AvgIpc) is 3.07. The Labute approximate surface area is 136 Å². The van der Waals surface area contributed by atoms with E-state index < -0.39 is 0 Å². The van der Waals surface area contributed by atoms with Crippen molar-refractivity contribution in [2.45, 2.75) is 6.61 Å². The zero-order chi connectivity index (χ0) is 15.2.